The molecule has 84 valence electrons. The molecule has 0 saturated heterocycles. The summed E-state index contributed by atoms with van der Waals surface area (Å²) in [6, 6.07) is 7.19. The van der Waals surface area contributed by atoms with Crippen LogP contribution in [0.4, 0.5) is 9.52 Å². The van der Waals surface area contributed by atoms with Crippen LogP contribution in [0.2, 0.25) is 0 Å². The van der Waals surface area contributed by atoms with Crippen LogP contribution in [0.25, 0.3) is 21.2 Å². The minimum atomic E-state index is -0.474. The Morgan fingerprint density at radius 1 is 1.06 bits per heavy atom. The molecule has 0 aliphatic heterocycles. The Morgan fingerprint density at radius 2 is 1.94 bits per heavy atom. The smallest absolute Gasteiger partial charge is 0.213 e. The van der Waals surface area contributed by atoms with Crippen LogP contribution < -0.4 is 5.73 Å². The Hall–Kier alpha value is -2.01. The molecule has 0 radical (unpaired) electrons. The largest absolute Gasteiger partial charge is 0.375 e. The molecular formula is C12H8FN3S. The Bertz CT molecular complexity index is 693. The fourth-order valence-electron chi connectivity index (χ4n) is 1.69. The highest BCUT2D eigenvalue weighted by molar-refractivity contribution is 7.18. The number of rotatable bonds is 1. The van der Waals surface area contributed by atoms with Crippen molar-refractivity contribution in [3.05, 3.63) is 42.6 Å². The lowest BCUT2D eigenvalue weighted by molar-refractivity contribution is 0.586. The number of anilines is 1. The number of halogens is 1. The second kappa shape index (κ2) is 3.78. The van der Waals surface area contributed by atoms with Crippen molar-refractivity contribution < 1.29 is 4.39 Å². The Labute approximate surface area is 101 Å². The second-order valence-corrected chi connectivity index (χ2v) is 4.69. The van der Waals surface area contributed by atoms with Crippen LogP contribution in [0, 0.1) is 5.95 Å². The van der Waals surface area contributed by atoms with Gasteiger partial charge in [-0.15, -0.1) is 0 Å². The van der Waals surface area contributed by atoms with E-state index in [1.807, 2.05) is 18.2 Å². The highest BCUT2D eigenvalue weighted by Gasteiger charge is 2.04. The van der Waals surface area contributed by atoms with Gasteiger partial charge >= 0.3 is 0 Å². The van der Waals surface area contributed by atoms with Gasteiger partial charge in [0.1, 0.15) is 0 Å². The maximum atomic E-state index is 13.0. The van der Waals surface area contributed by atoms with E-state index in [9.17, 15) is 4.39 Å². The zero-order chi connectivity index (χ0) is 11.8. The van der Waals surface area contributed by atoms with Gasteiger partial charge in [0.15, 0.2) is 5.13 Å². The van der Waals surface area contributed by atoms with E-state index < -0.39 is 5.95 Å². The molecule has 2 aromatic heterocycles. The molecule has 0 atom stereocenters. The van der Waals surface area contributed by atoms with Crippen molar-refractivity contribution in [2.75, 3.05) is 5.73 Å². The minimum absolute atomic E-state index is 0.474. The van der Waals surface area contributed by atoms with Gasteiger partial charge in [-0.25, -0.2) is 9.97 Å². The van der Waals surface area contributed by atoms with E-state index in [0.29, 0.717) is 5.13 Å². The van der Waals surface area contributed by atoms with Gasteiger partial charge in [0.05, 0.1) is 4.88 Å². The maximum absolute atomic E-state index is 13.0. The van der Waals surface area contributed by atoms with E-state index >= 15 is 0 Å². The number of benzene rings is 1. The normalized spacial score (nSPS) is 10.9. The first-order chi connectivity index (χ1) is 8.22. The van der Waals surface area contributed by atoms with Crippen molar-refractivity contribution in [3.63, 3.8) is 0 Å². The first kappa shape index (κ1) is 10.2. The molecule has 3 aromatic rings. The molecule has 0 aliphatic rings. The second-order valence-electron chi connectivity index (χ2n) is 3.63. The molecule has 0 spiro atoms. The highest BCUT2D eigenvalue weighted by Crippen LogP contribution is 2.29. The van der Waals surface area contributed by atoms with Gasteiger partial charge in [-0.1, -0.05) is 23.5 Å². The first-order valence-corrected chi connectivity index (χ1v) is 5.81. The third-order valence-corrected chi connectivity index (χ3v) is 3.37. The molecular weight excluding hydrogens is 237 g/mol. The lowest BCUT2D eigenvalue weighted by Gasteiger charge is -2.00. The van der Waals surface area contributed by atoms with Crippen LogP contribution in [-0.4, -0.2) is 9.97 Å². The molecule has 1 aromatic carbocycles. The lowest BCUT2D eigenvalue weighted by Crippen LogP contribution is -1.82. The molecule has 0 amide bonds. The van der Waals surface area contributed by atoms with Crippen molar-refractivity contribution in [2.45, 2.75) is 0 Å². The molecule has 5 heteroatoms. The molecule has 17 heavy (non-hydrogen) atoms. The van der Waals surface area contributed by atoms with Crippen LogP contribution >= 0.6 is 11.3 Å². The topological polar surface area (TPSA) is 51.8 Å². The third-order valence-electron chi connectivity index (χ3n) is 2.50. The third kappa shape index (κ3) is 1.85. The van der Waals surface area contributed by atoms with E-state index in [1.54, 1.807) is 6.20 Å². The summed E-state index contributed by atoms with van der Waals surface area (Å²) in [7, 11) is 0. The van der Waals surface area contributed by atoms with E-state index in [4.69, 9.17) is 5.73 Å². The number of nitrogen functional groups attached to an aromatic ring is 1. The molecule has 3 rings (SSSR count). The fraction of sp³-hybridized carbons (Fsp3) is 0. The van der Waals surface area contributed by atoms with E-state index in [0.717, 1.165) is 21.2 Å². The van der Waals surface area contributed by atoms with Gasteiger partial charge in [0.2, 0.25) is 5.95 Å². The molecule has 3 nitrogen and oxygen atoms in total. The summed E-state index contributed by atoms with van der Waals surface area (Å²) in [5.41, 5.74) is 6.57. The molecule has 2 heterocycles. The lowest BCUT2D eigenvalue weighted by atomic mass is 10.1. The Balaban J connectivity index is 2.18. The summed E-state index contributed by atoms with van der Waals surface area (Å²) in [6.07, 6.45) is 3.24. The average molecular weight is 245 g/mol. The van der Waals surface area contributed by atoms with Crippen LogP contribution in [-0.2, 0) is 0 Å². The van der Waals surface area contributed by atoms with Crippen LogP contribution in [0.5, 0.6) is 0 Å². The molecule has 0 unspecified atom stereocenters. The van der Waals surface area contributed by atoms with Crippen molar-refractivity contribution >= 4 is 27.2 Å². The van der Waals surface area contributed by atoms with Gasteiger partial charge in [-0.3, -0.25) is 0 Å². The number of nitrogens with zero attached hydrogens (tertiary/aromatic N) is 2. The molecule has 0 fully saturated rings. The molecule has 2 N–H and O–H groups in total. The summed E-state index contributed by atoms with van der Waals surface area (Å²) in [6.45, 7) is 0. The number of fused-ring (bicyclic) bond motifs is 1. The first-order valence-electron chi connectivity index (χ1n) is 4.99. The number of pyridine rings is 1. The van der Waals surface area contributed by atoms with Crippen LogP contribution in [0.1, 0.15) is 0 Å². The average Bonchev–Trinajstić information content (AvgIpc) is 2.75. The van der Waals surface area contributed by atoms with Gasteiger partial charge in [-0.05, 0) is 17.0 Å². The number of hydrogen-bond donors (Lipinski definition) is 1. The summed E-state index contributed by atoms with van der Waals surface area (Å²) in [4.78, 5) is 8.59. The molecule has 0 aliphatic carbocycles. The van der Waals surface area contributed by atoms with E-state index in [2.05, 4.69) is 9.97 Å². The van der Waals surface area contributed by atoms with Gasteiger partial charge in [0.25, 0.3) is 0 Å². The zero-order valence-electron chi connectivity index (χ0n) is 8.72. The number of nitrogens with two attached hydrogens (primary N) is 1. The highest BCUT2D eigenvalue weighted by atomic mass is 32.1. The van der Waals surface area contributed by atoms with Crippen LogP contribution in [0.3, 0.4) is 0 Å². The summed E-state index contributed by atoms with van der Waals surface area (Å²) >= 11 is 1.41. The predicted molar refractivity (Wildman–Crippen MR) is 67.2 cm³/mol. The fourth-order valence-corrected chi connectivity index (χ4v) is 2.37. The monoisotopic (exact) mass is 245 g/mol. The van der Waals surface area contributed by atoms with Crippen molar-refractivity contribution in [3.8, 4) is 10.4 Å². The number of hydrogen-bond acceptors (Lipinski definition) is 4. The van der Waals surface area contributed by atoms with E-state index in [-0.39, 0.29) is 0 Å². The van der Waals surface area contributed by atoms with Gasteiger partial charge < -0.3 is 5.73 Å². The zero-order valence-corrected chi connectivity index (χ0v) is 9.54. The predicted octanol–water partition coefficient (Wildman–Crippen LogP) is 3.08. The van der Waals surface area contributed by atoms with Gasteiger partial charge in [-0.2, -0.15) is 4.39 Å². The number of thiazole rings is 1. The van der Waals surface area contributed by atoms with Crippen molar-refractivity contribution in [1.82, 2.24) is 9.97 Å². The minimum Gasteiger partial charge on any atom is -0.375 e. The summed E-state index contributed by atoms with van der Waals surface area (Å²) in [5, 5.41) is 2.26. The molecule has 0 bridgehead atoms. The standard InChI is InChI=1S/C12H8FN3S/c13-11-4-9-3-7(1-2-8(9)5-15-11)10-6-16-12(14)17-10/h1-6H,(H2,14,16). The SMILES string of the molecule is Nc1ncc(-c2ccc3cnc(F)cc3c2)s1. The summed E-state index contributed by atoms with van der Waals surface area (Å²) in [5.74, 6) is -0.474. The van der Waals surface area contributed by atoms with E-state index in [1.165, 1.54) is 23.6 Å². The van der Waals surface area contributed by atoms with Crippen molar-refractivity contribution in [2.24, 2.45) is 0 Å². The van der Waals surface area contributed by atoms with Gasteiger partial charge in [0, 0.05) is 23.8 Å². The Morgan fingerprint density at radius 3 is 2.71 bits per heavy atom. The maximum Gasteiger partial charge on any atom is 0.213 e. The summed E-state index contributed by atoms with van der Waals surface area (Å²) < 4.78 is 13.0. The number of aromatic nitrogens is 2. The van der Waals surface area contributed by atoms with Crippen molar-refractivity contribution in [1.29, 1.82) is 0 Å². The quantitative estimate of drug-likeness (QED) is 0.670. The Kier molecular flexibility index (Phi) is 2.26. The van der Waals surface area contributed by atoms with Crippen LogP contribution in [0.15, 0.2) is 36.7 Å². The molecule has 0 saturated carbocycles.